The molecule has 100 valence electrons. The monoisotopic (exact) mass is 277 g/mol. The average Bonchev–Trinajstić information content (AvgIpc) is 2.93. The second-order valence-electron chi connectivity index (χ2n) is 4.55. The van der Waals surface area contributed by atoms with E-state index in [2.05, 4.69) is 15.0 Å². The van der Waals surface area contributed by atoms with Crippen LogP contribution in [0.5, 0.6) is 0 Å². The summed E-state index contributed by atoms with van der Waals surface area (Å²) in [5.74, 6) is 0. The van der Waals surface area contributed by atoms with Crippen molar-refractivity contribution in [3.8, 4) is 0 Å². The Kier molecular flexibility index (Phi) is 2.94. The van der Waals surface area contributed by atoms with Gasteiger partial charge in [-0.25, -0.2) is 8.42 Å². The first kappa shape index (κ1) is 12.1. The second-order valence-corrected chi connectivity index (χ2v) is 6.24. The summed E-state index contributed by atoms with van der Waals surface area (Å²) in [5, 5.41) is 3.28. The van der Waals surface area contributed by atoms with E-state index in [-0.39, 0.29) is 4.90 Å². The summed E-state index contributed by atoms with van der Waals surface area (Å²) in [6, 6.07) is 7.14. The van der Waals surface area contributed by atoms with E-state index in [4.69, 9.17) is 0 Å². The number of hydrogen-bond acceptors (Lipinski definition) is 3. The summed E-state index contributed by atoms with van der Waals surface area (Å²) in [6.07, 6.45) is 5.19. The van der Waals surface area contributed by atoms with Crippen molar-refractivity contribution in [3.63, 3.8) is 0 Å². The zero-order valence-corrected chi connectivity index (χ0v) is 11.1. The van der Waals surface area contributed by atoms with E-state index >= 15 is 0 Å². The van der Waals surface area contributed by atoms with E-state index in [1.165, 1.54) is 17.8 Å². The molecule has 1 aromatic carbocycles. The maximum Gasteiger partial charge on any atom is 0.263 e. The lowest BCUT2D eigenvalue weighted by atomic mass is 10.0. The van der Waals surface area contributed by atoms with Gasteiger partial charge in [-0.2, -0.15) is 0 Å². The van der Waals surface area contributed by atoms with Gasteiger partial charge in [-0.3, -0.25) is 4.72 Å². The SMILES string of the molecule is O=S(=O)(Nc1ccc2c(c1)NCCC2)c1cc[nH]c1. The van der Waals surface area contributed by atoms with E-state index < -0.39 is 10.0 Å². The van der Waals surface area contributed by atoms with Crippen molar-refractivity contribution in [1.29, 1.82) is 0 Å². The van der Waals surface area contributed by atoms with Crippen molar-refractivity contribution in [1.82, 2.24) is 4.98 Å². The maximum atomic E-state index is 12.1. The molecule has 0 saturated carbocycles. The minimum Gasteiger partial charge on any atom is -0.385 e. The van der Waals surface area contributed by atoms with Crippen molar-refractivity contribution in [2.24, 2.45) is 0 Å². The number of aromatic nitrogens is 1. The van der Waals surface area contributed by atoms with E-state index in [1.807, 2.05) is 12.1 Å². The molecule has 6 heteroatoms. The smallest absolute Gasteiger partial charge is 0.263 e. The molecule has 0 amide bonds. The number of H-pyrrole nitrogens is 1. The van der Waals surface area contributed by atoms with Crippen molar-refractivity contribution >= 4 is 21.4 Å². The Morgan fingerprint density at radius 3 is 2.89 bits per heavy atom. The molecular formula is C13H15N3O2S. The van der Waals surface area contributed by atoms with Gasteiger partial charge in [0, 0.05) is 24.6 Å². The number of anilines is 2. The first-order valence-corrected chi connectivity index (χ1v) is 7.66. The molecular weight excluding hydrogens is 262 g/mol. The number of sulfonamides is 1. The second kappa shape index (κ2) is 4.62. The van der Waals surface area contributed by atoms with E-state index in [1.54, 1.807) is 12.3 Å². The molecule has 5 nitrogen and oxygen atoms in total. The molecule has 1 aliphatic heterocycles. The van der Waals surface area contributed by atoms with E-state index in [0.29, 0.717) is 5.69 Å². The highest BCUT2D eigenvalue weighted by Gasteiger charge is 2.16. The van der Waals surface area contributed by atoms with Crippen LogP contribution in [0.4, 0.5) is 11.4 Å². The van der Waals surface area contributed by atoms with Crippen molar-refractivity contribution in [2.45, 2.75) is 17.7 Å². The number of rotatable bonds is 3. The zero-order chi connectivity index (χ0) is 13.3. The summed E-state index contributed by atoms with van der Waals surface area (Å²) in [6.45, 7) is 0.932. The fraction of sp³-hybridized carbons (Fsp3) is 0.231. The largest absolute Gasteiger partial charge is 0.385 e. The van der Waals surface area contributed by atoms with Crippen LogP contribution in [0.25, 0.3) is 0 Å². The highest BCUT2D eigenvalue weighted by atomic mass is 32.2. The third-order valence-corrected chi connectivity index (χ3v) is 4.56. The van der Waals surface area contributed by atoms with Crippen molar-refractivity contribution in [3.05, 3.63) is 42.2 Å². The molecule has 0 unspecified atom stereocenters. The molecule has 2 heterocycles. The summed E-state index contributed by atoms with van der Waals surface area (Å²) in [5.41, 5.74) is 2.82. The van der Waals surface area contributed by atoms with Gasteiger partial charge in [0.15, 0.2) is 0 Å². The highest BCUT2D eigenvalue weighted by molar-refractivity contribution is 7.92. The zero-order valence-electron chi connectivity index (χ0n) is 10.3. The Labute approximate surface area is 112 Å². The topological polar surface area (TPSA) is 74.0 Å². The van der Waals surface area contributed by atoms with Crippen LogP contribution in [-0.2, 0) is 16.4 Å². The van der Waals surface area contributed by atoms with Gasteiger partial charge in [0.05, 0.1) is 5.69 Å². The van der Waals surface area contributed by atoms with Gasteiger partial charge in [0.1, 0.15) is 4.90 Å². The number of fused-ring (bicyclic) bond motifs is 1. The molecule has 0 bridgehead atoms. The lowest BCUT2D eigenvalue weighted by Crippen LogP contribution is -2.14. The predicted octanol–water partition coefficient (Wildman–Crippen LogP) is 2.17. The van der Waals surface area contributed by atoms with Crippen LogP contribution in [0.2, 0.25) is 0 Å². The third-order valence-electron chi connectivity index (χ3n) is 3.18. The number of aromatic amines is 1. The molecule has 0 fully saturated rings. The van der Waals surface area contributed by atoms with Gasteiger partial charge in [0.2, 0.25) is 0 Å². The fourth-order valence-electron chi connectivity index (χ4n) is 2.21. The Balaban J connectivity index is 1.88. The van der Waals surface area contributed by atoms with Gasteiger partial charge >= 0.3 is 0 Å². The Morgan fingerprint density at radius 2 is 2.11 bits per heavy atom. The summed E-state index contributed by atoms with van der Waals surface area (Å²) < 4.78 is 26.7. The summed E-state index contributed by atoms with van der Waals surface area (Å²) >= 11 is 0. The van der Waals surface area contributed by atoms with Gasteiger partial charge in [-0.1, -0.05) is 6.07 Å². The first-order valence-electron chi connectivity index (χ1n) is 6.17. The van der Waals surface area contributed by atoms with Crippen LogP contribution in [0.3, 0.4) is 0 Å². The van der Waals surface area contributed by atoms with Crippen LogP contribution in [-0.4, -0.2) is 19.9 Å². The van der Waals surface area contributed by atoms with E-state index in [0.717, 1.165) is 25.1 Å². The molecule has 0 spiro atoms. The molecule has 2 aromatic rings. The van der Waals surface area contributed by atoms with Crippen LogP contribution in [0.15, 0.2) is 41.6 Å². The van der Waals surface area contributed by atoms with Gasteiger partial charge < -0.3 is 10.3 Å². The number of benzene rings is 1. The average molecular weight is 277 g/mol. The Morgan fingerprint density at radius 1 is 1.21 bits per heavy atom. The molecule has 0 atom stereocenters. The van der Waals surface area contributed by atoms with Gasteiger partial charge in [-0.05, 0) is 36.6 Å². The highest BCUT2D eigenvalue weighted by Crippen LogP contribution is 2.26. The lowest BCUT2D eigenvalue weighted by molar-refractivity contribution is 0.601. The molecule has 1 aliphatic rings. The van der Waals surface area contributed by atoms with E-state index in [9.17, 15) is 8.42 Å². The predicted molar refractivity (Wildman–Crippen MR) is 74.9 cm³/mol. The maximum absolute atomic E-state index is 12.1. The molecule has 1 aromatic heterocycles. The van der Waals surface area contributed by atoms with Crippen LogP contribution >= 0.6 is 0 Å². The first-order chi connectivity index (χ1) is 9.15. The lowest BCUT2D eigenvalue weighted by Gasteiger charge is -2.19. The van der Waals surface area contributed by atoms with Crippen molar-refractivity contribution in [2.75, 3.05) is 16.6 Å². The summed E-state index contributed by atoms with van der Waals surface area (Å²) in [7, 11) is -3.51. The molecule has 3 rings (SSSR count). The molecule has 3 N–H and O–H groups in total. The Hall–Kier alpha value is -1.95. The fourth-order valence-corrected chi connectivity index (χ4v) is 3.24. The number of nitrogens with one attached hydrogen (secondary N) is 3. The quantitative estimate of drug-likeness (QED) is 0.805. The molecule has 19 heavy (non-hydrogen) atoms. The number of hydrogen-bond donors (Lipinski definition) is 3. The van der Waals surface area contributed by atoms with Crippen LogP contribution < -0.4 is 10.0 Å². The molecule has 0 saturated heterocycles. The van der Waals surface area contributed by atoms with Gasteiger partial charge in [-0.15, -0.1) is 0 Å². The third kappa shape index (κ3) is 2.44. The van der Waals surface area contributed by atoms with Gasteiger partial charge in [0.25, 0.3) is 10.0 Å². The summed E-state index contributed by atoms with van der Waals surface area (Å²) in [4.78, 5) is 2.97. The molecule has 0 radical (unpaired) electrons. The minimum absolute atomic E-state index is 0.234. The Bertz CT molecular complexity index is 678. The number of aryl methyl sites for hydroxylation is 1. The van der Waals surface area contributed by atoms with Crippen molar-refractivity contribution < 1.29 is 8.42 Å². The standard InChI is InChI=1S/C13H15N3O2S/c17-19(18,12-5-7-14-9-12)16-11-4-3-10-2-1-6-15-13(10)8-11/h3-5,7-9,14-16H,1-2,6H2. The minimum atomic E-state index is -3.51. The van der Waals surface area contributed by atoms with Crippen LogP contribution in [0, 0.1) is 0 Å². The molecule has 0 aliphatic carbocycles. The normalized spacial score (nSPS) is 14.5. The van der Waals surface area contributed by atoms with Crippen LogP contribution in [0.1, 0.15) is 12.0 Å².